The van der Waals surface area contributed by atoms with Crippen LogP contribution in [0, 0.1) is 17.7 Å². The van der Waals surface area contributed by atoms with E-state index in [1.165, 1.54) is 12.5 Å². The number of likely N-dealkylation sites (tertiary alicyclic amines) is 1. The monoisotopic (exact) mass is 361 g/mol. The molecule has 0 aromatic heterocycles. The van der Waals surface area contributed by atoms with Crippen LogP contribution < -0.4 is 4.90 Å². The van der Waals surface area contributed by atoms with Crippen LogP contribution in [0.1, 0.15) is 33.1 Å². The van der Waals surface area contributed by atoms with Gasteiger partial charge >= 0.3 is 0 Å². The molecule has 144 valence electrons. The normalized spacial score (nSPS) is 20.0. The standard InChI is InChI=1S/C21H32FN3O/c1-17(2)7-10-23-11-8-18(9-12-23)21(26)25-15-13-24(14-16-25)20-6-4-3-5-19(20)22/h3-6,17-18H,7-16H2,1-2H3. The molecule has 0 saturated carbocycles. The van der Waals surface area contributed by atoms with Crippen LogP contribution in [-0.4, -0.2) is 61.5 Å². The molecular formula is C21H32FN3O. The maximum atomic E-state index is 13.9. The molecule has 0 aliphatic carbocycles. The lowest BCUT2D eigenvalue weighted by Crippen LogP contribution is -2.52. The molecule has 2 fully saturated rings. The highest BCUT2D eigenvalue weighted by Crippen LogP contribution is 2.23. The van der Waals surface area contributed by atoms with Crippen molar-refractivity contribution in [2.24, 2.45) is 11.8 Å². The first-order chi connectivity index (χ1) is 12.5. The highest BCUT2D eigenvalue weighted by atomic mass is 19.1. The van der Waals surface area contributed by atoms with Gasteiger partial charge in [0.2, 0.25) is 5.91 Å². The molecule has 0 N–H and O–H groups in total. The number of carbonyl (C=O) groups excluding carboxylic acids is 1. The van der Waals surface area contributed by atoms with Crippen LogP contribution in [0.25, 0.3) is 0 Å². The zero-order chi connectivity index (χ0) is 18.5. The molecule has 0 unspecified atom stereocenters. The Bertz CT molecular complexity index is 591. The van der Waals surface area contributed by atoms with Crippen molar-refractivity contribution < 1.29 is 9.18 Å². The first kappa shape index (κ1) is 19.2. The summed E-state index contributed by atoms with van der Waals surface area (Å²) in [4.78, 5) is 19.4. The molecular weight excluding hydrogens is 329 g/mol. The van der Waals surface area contributed by atoms with Gasteiger partial charge in [-0.05, 0) is 56.9 Å². The van der Waals surface area contributed by atoms with Gasteiger partial charge in [-0.25, -0.2) is 4.39 Å². The largest absolute Gasteiger partial charge is 0.366 e. The number of carbonyl (C=O) groups is 1. The van der Waals surface area contributed by atoms with Crippen LogP contribution in [0.4, 0.5) is 10.1 Å². The Morgan fingerprint density at radius 2 is 1.73 bits per heavy atom. The average molecular weight is 362 g/mol. The van der Waals surface area contributed by atoms with Crippen molar-refractivity contribution in [2.45, 2.75) is 33.1 Å². The zero-order valence-corrected chi connectivity index (χ0v) is 16.2. The number of nitrogens with zero attached hydrogens (tertiary/aromatic N) is 3. The molecule has 26 heavy (non-hydrogen) atoms. The molecule has 1 amide bonds. The number of hydrogen-bond acceptors (Lipinski definition) is 3. The average Bonchev–Trinajstić information content (AvgIpc) is 2.67. The van der Waals surface area contributed by atoms with Gasteiger partial charge in [0.15, 0.2) is 0 Å². The van der Waals surface area contributed by atoms with Crippen molar-refractivity contribution >= 4 is 11.6 Å². The van der Waals surface area contributed by atoms with E-state index in [1.807, 2.05) is 21.9 Å². The lowest BCUT2D eigenvalue weighted by atomic mass is 9.94. The number of para-hydroxylation sites is 1. The van der Waals surface area contributed by atoms with E-state index in [4.69, 9.17) is 0 Å². The molecule has 2 heterocycles. The number of amides is 1. The van der Waals surface area contributed by atoms with Gasteiger partial charge in [-0.15, -0.1) is 0 Å². The van der Waals surface area contributed by atoms with Crippen LogP contribution in [0.3, 0.4) is 0 Å². The van der Waals surface area contributed by atoms with Crippen LogP contribution in [0.5, 0.6) is 0 Å². The summed E-state index contributed by atoms with van der Waals surface area (Å²) >= 11 is 0. The van der Waals surface area contributed by atoms with Gasteiger partial charge in [-0.1, -0.05) is 26.0 Å². The molecule has 2 aliphatic rings. The van der Waals surface area contributed by atoms with Crippen molar-refractivity contribution in [1.82, 2.24) is 9.80 Å². The van der Waals surface area contributed by atoms with Crippen molar-refractivity contribution in [2.75, 3.05) is 50.7 Å². The topological polar surface area (TPSA) is 26.8 Å². The van der Waals surface area contributed by atoms with E-state index >= 15 is 0 Å². The van der Waals surface area contributed by atoms with Crippen molar-refractivity contribution in [3.63, 3.8) is 0 Å². The predicted octanol–water partition coefficient (Wildman–Crippen LogP) is 3.23. The molecule has 4 nitrogen and oxygen atoms in total. The first-order valence-corrected chi connectivity index (χ1v) is 10.0. The minimum absolute atomic E-state index is 0.172. The fraction of sp³-hybridized carbons (Fsp3) is 0.667. The second-order valence-electron chi connectivity index (χ2n) is 8.06. The molecule has 1 aromatic carbocycles. The third-order valence-electron chi connectivity index (χ3n) is 5.74. The SMILES string of the molecule is CC(C)CCN1CCC(C(=O)N2CCN(c3ccccc3F)CC2)CC1. The van der Waals surface area contributed by atoms with Crippen LogP contribution in [0.2, 0.25) is 0 Å². The minimum atomic E-state index is -0.180. The molecule has 0 bridgehead atoms. The second kappa shape index (κ2) is 8.85. The van der Waals surface area contributed by atoms with Gasteiger partial charge in [0, 0.05) is 32.1 Å². The third-order valence-corrected chi connectivity index (χ3v) is 5.74. The fourth-order valence-electron chi connectivity index (χ4n) is 3.98. The third kappa shape index (κ3) is 4.76. The van der Waals surface area contributed by atoms with Crippen molar-refractivity contribution in [3.8, 4) is 0 Å². The summed E-state index contributed by atoms with van der Waals surface area (Å²) in [5.41, 5.74) is 0.651. The van der Waals surface area contributed by atoms with E-state index in [0.29, 0.717) is 37.8 Å². The Hall–Kier alpha value is -1.62. The molecule has 1 aromatic rings. The van der Waals surface area contributed by atoms with E-state index in [-0.39, 0.29) is 11.7 Å². The Morgan fingerprint density at radius 3 is 2.35 bits per heavy atom. The number of anilines is 1. The number of rotatable bonds is 5. The molecule has 0 atom stereocenters. The molecule has 5 heteroatoms. The Balaban J connectivity index is 1.45. The maximum Gasteiger partial charge on any atom is 0.225 e. The van der Waals surface area contributed by atoms with Crippen molar-refractivity contribution in [1.29, 1.82) is 0 Å². The molecule has 2 saturated heterocycles. The van der Waals surface area contributed by atoms with Gasteiger partial charge in [0.1, 0.15) is 5.82 Å². The molecule has 2 aliphatic heterocycles. The smallest absolute Gasteiger partial charge is 0.225 e. The highest BCUT2D eigenvalue weighted by Gasteiger charge is 2.30. The van der Waals surface area contributed by atoms with Gasteiger partial charge in [-0.2, -0.15) is 0 Å². The number of benzene rings is 1. The summed E-state index contributed by atoms with van der Waals surface area (Å²) in [6.07, 6.45) is 3.19. The van der Waals surface area contributed by atoms with Gasteiger partial charge in [0.05, 0.1) is 5.69 Å². The van der Waals surface area contributed by atoms with Crippen LogP contribution in [0.15, 0.2) is 24.3 Å². The van der Waals surface area contributed by atoms with E-state index in [0.717, 1.165) is 38.4 Å². The number of piperazine rings is 1. The summed E-state index contributed by atoms with van der Waals surface area (Å²) in [5, 5.41) is 0. The first-order valence-electron chi connectivity index (χ1n) is 10.0. The number of hydrogen-bond donors (Lipinski definition) is 0. The van der Waals surface area contributed by atoms with Gasteiger partial charge < -0.3 is 14.7 Å². The van der Waals surface area contributed by atoms with Crippen LogP contribution in [-0.2, 0) is 4.79 Å². The Labute approximate surface area is 157 Å². The lowest BCUT2D eigenvalue weighted by molar-refractivity contribution is -0.137. The summed E-state index contributed by atoms with van der Waals surface area (Å²) in [6, 6.07) is 6.90. The summed E-state index contributed by atoms with van der Waals surface area (Å²) < 4.78 is 13.9. The Morgan fingerprint density at radius 1 is 1.08 bits per heavy atom. The quantitative estimate of drug-likeness (QED) is 0.806. The lowest BCUT2D eigenvalue weighted by Gasteiger charge is -2.39. The van der Waals surface area contributed by atoms with E-state index < -0.39 is 0 Å². The van der Waals surface area contributed by atoms with E-state index in [2.05, 4.69) is 18.7 Å². The summed E-state index contributed by atoms with van der Waals surface area (Å²) in [7, 11) is 0. The molecule has 3 rings (SSSR count). The highest BCUT2D eigenvalue weighted by molar-refractivity contribution is 5.79. The van der Waals surface area contributed by atoms with E-state index in [1.54, 1.807) is 6.07 Å². The number of piperidine rings is 1. The number of halogens is 1. The summed E-state index contributed by atoms with van der Waals surface area (Å²) in [6.45, 7) is 10.6. The Kier molecular flexibility index (Phi) is 6.52. The van der Waals surface area contributed by atoms with Gasteiger partial charge in [0.25, 0.3) is 0 Å². The van der Waals surface area contributed by atoms with E-state index in [9.17, 15) is 9.18 Å². The van der Waals surface area contributed by atoms with Gasteiger partial charge in [-0.3, -0.25) is 4.79 Å². The predicted molar refractivity (Wildman–Crippen MR) is 104 cm³/mol. The summed E-state index contributed by atoms with van der Waals surface area (Å²) in [5.74, 6) is 1.04. The maximum absolute atomic E-state index is 13.9. The van der Waals surface area contributed by atoms with Crippen molar-refractivity contribution in [3.05, 3.63) is 30.1 Å². The zero-order valence-electron chi connectivity index (χ0n) is 16.2. The van der Waals surface area contributed by atoms with Crippen LogP contribution >= 0.6 is 0 Å². The molecule has 0 radical (unpaired) electrons. The molecule has 0 spiro atoms. The fourth-order valence-corrected chi connectivity index (χ4v) is 3.98. The minimum Gasteiger partial charge on any atom is -0.366 e. The second-order valence-corrected chi connectivity index (χ2v) is 8.06.